The van der Waals surface area contributed by atoms with Crippen molar-refractivity contribution >= 4 is 33.3 Å². The number of carbonyl (C=O) groups is 1. The highest BCUT2D eigenvalue weighted by Crippen LogP contribution is 2.47. The Morgan fingerprint density at radius 2 is 1.91 bits per heavy atom. The topological polar surface area (TPSA) is 83.8 Å². The molecule has 1 aliphatic rings. The van der Waals surface area contributed by atoms with E-state index in [0.717, 1.165) is 36.2 Å². The van der Waals surface area contributed by atoms with Gasteiger partial charge in [0.05, 0.1) is 11.1 Å². The van der Waals surface area contributed by atoms with Crippen LogP contribution < -0.4 is 15.5 Å². The van der Waals surface area contributed by atoms with Crippen LogP contribution in [0, 0.1) is 5.82 Å². The van der Waals surface area contributed by atoms with E-state index in [1.54, 1.807) is 4.57 Å². The molecule has 0 saturated carbocycles. The predicted molar refractivity (Wildman–Crippen MR) is 130 cm³/mol. The van der Waals surface area contributed by atoms with Crippen molar-refractivity contribution in [3.63, 3.8) is 0 Å². The number of hydrogen-bond acceptors (Lipinski definition) is 5. The van der Waals surface area contributed by atoms with Crippen molar-refractivity contribution in [1.82, 2.24) is 9.47 Å². The molecule has 2 heterocycles. The van der Waals surface area contributed by atoms with Crippen LogP contribution >= 0.6 is 0 Å². The van der Waals surface area contributed by atoms with E-state index in [0.29, 0.717) is 23.5 Å². The number of hydrogen-bond donors (Lipinski definition) is 2. The fourth-order valence-corrected chi connectivity index (χ4v) is 4.43. The first-order chi connectivity index (χ1) is 16.4. The van der Waals surface area contributed by atoms with E-state index in [1.807, 2.05) is 50.5 Å². The van der Waals surface area contributed by atoms with E-state index >= 15 is 4.39 Å². The predicted octanol–water partition coefficient (Wildman–Crippen LogP) is 4.84. The Hall–Kier alpha value is -3.91. The smallest absolute Gasteiger partial charge is 0.341 e. The Morgan fingerprint density at radius 3 is 2.68 bits per heavy atom. The fourth-order valence-electron chi connectivity index (χ4n) is 4.43. The molecule has 0 atom stereocenters. The van der Waals surface area contributed by atoms with Crippen molar-refractivity contribution in [2.75, 3.05) is 32.5 Å². The molecule has 0 amide bonds. The van der Waals surface area contributed by atoms with E-state index in [4.69, 9.17) is 4.74 Å². The zero-order valence-electron chi connectivity index (χ0n) is 18.9. The number of ether oxygens (including phenoxy) is 1. The maximum atomic E-state index is 15.3. The zero-order chi connectivity index (χ0) is 24.0. The van der Waals surface area contributed by atoms with Crippen LogP contribution in [0.4, 0.5) is 10.1 Å². The first-order valence-electron chi connectivity index (χ1n) is 11.1. The number of pyridine rings is 1. The average molecular weight is 461 g/mol. The summed E-state index contributed by atoms with van der Waals surface area (Å²) in [6.07, 6.45) is 3.05. The second kappa shape index (κ2) is 8.46. The molecule has 0 saturated heterocycles. The third-order valence-electron chi connectivity index (χ3n) is 6.08. The molecule has 0 unspecified atom stereocenters. The van der Waals surface area contributed by atoms with Crippen molar-refractivity contribution in [2.24, 2.45) is 0 Å². The Balaban J connectivity index is 1.72. The van der Waals surface area contributed by atoms with Crippen LogP contribution in [0.3, 0.4) is 0 Å². The number of rotatable bonds is 7. The van der Waals surface area contributed by atoms with E-state index in [2.05, 4.69) is 10.2 Å². The molecule has 0 bridgehead atoms. The van der Waals surface area contributed by atoms with Gasteiger partial charge in [0.1, 0.15) is 16.8 Å². The van der Waals surface area contributed by atoms with Gasteiger partial charge < -0.3 is 24.6 Å². The molecule has 7 nitrogen and oxygen atoms in total. The van der Waals surface area contributed by atoms with E-state index in [1.165, 1.54) is 6.20 Å². The van der Waals surface area contributed by atoms with Gasteiger partial charge >= 0.3 is 5.97 Å². The lowest BCUT2D eigenvalue weighted by Crippen LogP contribution is -2.21. The lowest BCUT2D eigenvalue weighted by Gasteiger charge is -2.27. The number of aromatic carboxylic acids is 1. The lowest BCUT2D eigenvalue weighted by molar-refractivity contribution is 0.0695. The van der Waals surface area contributed by atoms with Gasteiger partial charge in [0.2, 0.25) is 5.43 Å². The third-order valence-corrected chi connectivity index (χ3v) is 6.08. The summed E-state index contributed by atoms with van der Waals surface area (Å²) in [6.45, 7) is 1.44. The number of unbranched alkanes of at least 4 members (excludes halogenated alkanes) is 1. The van der Waals surface area contributed by atoms with E-state index in [-0.39, 0.29) is 16.8 Å². The number of nitrogens with zero attached hydrogens (tertiary/aromatic N) is 2. The maximum Gasteiger partial charge on any atom is 0.341 e. The average Bonchev–Trinajstić information content (AvgIpc) is 2.81. The van der Waals surface area contributed by atoms with Crippen LogP contribution in [0.1, 0.15) is 23.2 Å². The summed E-state index contributed by atoms with van der Waals surface area (Å²) in [6, 6.07) is 12.4. The zero-order valence-corrected chi connectivity index (χ0v) is 18.9. The Kier molecular flexibility index (Phi) is 5.45. The molecule has 3 aromatic carbocycles. The standard InChI is InChI=1S/C26H24FN3O4/c1-29(2)12-6-5-11-28-21-19(27)13-17-22-25(21)34-24-16-8-4-3-7-15(16)9-10-20(24)30(22)14-18(23(17)31)26(32)33/h3-4,7-10,13-14,28H,5-6,11-12H2,1-2H3,(H,32,33). The van der Waals surface area contributed by atoms with Crippen LogP contribution in [-0.4, -0.2) is 47.7 Å². The molecule has 1 aliphatic heterocycles. The highest BCUT2D eigenvalue weighted by molar-refractivity contribution is 6.01. The molecule has 0 radical (unpaired) electrons. The van der Waals surface area contributed by atoms with E-state index in [9.17, 15) is 14.7 Å². The summed E-state index contributed by atoms with van der Waals surface area (Å²) in [7, 11) is 4.00. The van der Waals surface area contributed by atoms with Crippen LogP contribution in [0.25, 0.3) is 27.4 Å². The van der Waals surface area contributed by atoms with Crippen molar-refractivity contribution in [2.45, 2.75) is 12.8 Å². The number of aromatic nitrogens is 1. The quantitative estimate of drug-likeness (QED) is 0.338. The minimum atomic E-state index is -1.37. The van der Waals surface area contributed by atoms with Crippen molar-refractivity contribution in [3.05, 3.63) is 70.3 Å². The lowest BCUT2D eigenvalue weighted by atomic mass is 10.0. The summed E-state index contributed by atoms with van der Waals surface area (Å²) in [4.78, 5) is 26.8. The molecule has 34 heavy (non-hydrogen) atoms. The highest BCUT2D eigenvalue weighted by Gasteiger charge is 2.29. The minimum Gasteiger partial charge on any atom is -0.477 e. The first kappa shape index (κ1) is 21.9. The summed E-state index contributed by atoms with van der Waals surface area (Å²) >= 11 is 0. The number of anilines is 1. The number of halogens is 1. The molecular weight excluding hydrogens is 437 g/mol. The van der Waals surface area contributed by atoms with Crippen LogP contribution in [-0.2, 0) is 0 Å². The Labute approximate surface area is 195 Å². The maximum absolute atomic E-state index is 15.3. The Bertz CT molecular complexity index is 1510. The summed E-state index contributed by atoms with van der Waals surface area (Å²) in [5, 5.41) is 14.5. The first-order valence-corrected chi connectivity index (χ1v) is 11.1. The minimum absolute atomic E-state index is 0.0376. The summed E-state index contributed by atoms with van der Waals surface area (Å²) in [5.41, 5.74) is -0.0862. The number of carboxylic acid groups (broad SMARTS) is 1. The summed E-state index contributed by atoms with van der Waals surface area (Å²) < 4.78 is 23.2. The van der Waals surface area contributed by atoms with Crippen molar-refractivity contribution in [1.29, 1.82) is 0 Å². The van der Waals surface area contributed by atoms with Crippen LogP contribution in [0.15, 0.2) is 53.5 Å². The van der Waals surface area contributed by atoms with Gasteiger partial charge in [0.15, 0.2) is 17.3 Å². The van der Waals surface area contributed by atoms with Crippen molar-refractivity contribution in [3.8, 4) is 17.2 Å². The van der Waals surface area contributed by atoms with Gasteiger partial charge in [-0.2, -0.15) is 0 Å². The fraction of sp³-hybridized carbons (Fsp3) is 0.231. The van der Waals surface area contributed by atoms with Crippen LogP contribution in [0.2, 0.25) is 0 Å². The number of nitrogens with one attached hydrogen (secondary N) is 1. The van der Waals surface area contributed by atoms with Crippen LogP contribution in [0.5, 0.6) is 11.5 Å². The second-order valence-corrected chi connectivity index (χ2v) is 8.68. The third kappa shape index (κ3) is 3.56. The Morgan fingerprint density at radius 1 is 1.12 bits per heavy atom. The van der Waals surface area contributed by atoms with Gasteiger partial charge in [-0.25, -0.2) is 9.18 Å². The normalized spacial score (nSPS) is 12.1. The number of fused-ring (bicyclic) bond motifs is 4. The van der Waals surface area contributed by atoms with Crippen molar-refractivity contribution < 1.29 is 19.0 Å². The molecule has 174 valence electrons. The van der Waals surface area contributed by atoms with Gasteiger partial charge in [0, 0.05) is 18.1 Å². The molecule has 0 fully saturated rings. The molecule has 5 rings (SSSR count). The SMILES string of the molecule is CN(C)CCCCNc1c(F)cc2c(=O)c(C(=O)O)cn3c2c1Oc1c-3ccc2ccccc12. The molecule has 4 aromatic rings. The van der Waals surface area contributed by atoms with Gasteiger partial charge in [0.25, 0.3) is 0 Å². The molecule has 0 aliphatic carbocycles. The van der Waals surface area contributed by atoms with Gasteiger partial charge in [-0.1, -0.05) is 30.3 Å². The van der Waals surface area contributed by atoms with Gasteiger partial charge in [-0.05, 0) is 51.0 Å². The van der Waals surface area contributed by atoms with Gasteiger partial charge in [-0.15, -0.1) is 0 Å². The van der Waals surface area contributed by atoms with Gasteiger partial charge in [-0.3, -0.25) is 4.79 Å². The molecule has 1 aromatic heterocycles. The molecule has 0 spiro atoms. The largest absolute Gasteiger partial charge is 0.477 e. The summed E-state index contributed by atoms with van der Waals surface area (Å²) in [5.74, 6) is -1.37. The highest BCUT2D eigenvalue weighted by atomic mass is 19.1. The van der Waals surface area contributed by atoms with E-state index < -0.39 is 22.8 Å². The molecular formula is C26H24FN3O4. The number of benzene rings is 3. The second-order valence-electron chi connectivity index (χ2n) is 8.68. The number of carboxylic acids is 1. The molecule has 8 heteroatoms. The molecule has 2 N–H and O–H groups in total. The monoisotopic (exact) mass is 461 g/mol.